The number of benzene rings is 1. The van der Waals surface area contributed by atoms with E-state index in [9.17, 15) is 0 Å². The Morgan fingerprint density at radius 3 is 3.21 bits per heavy atom. The first-order valence-corrected chi connectivity index (χ1v) is 8.45. The first-order chi connectivity index (χ1) is 11.7. The van der Waals surface area contributed by atoms with Gasteiger partial charge in [0.1, 0.15) is 5.75 Å². The van der Waals surface area contributed by atoms with Crippen molar-refractivity contribution in [3.05, 3.63) is 42.2 Å². The van der Waals surface area contributed by atoms with Gasteiger partial charge in [-0.25, -0.2) is 0 Å². The van der Waals surface area contributed by atoms with E-state index in [2.05, 4.69) is 15.7 Å². The number of ether oxygens (including phenoxy) is 2. The number of nitrogens with zero attached hydrogens (tertiary/aromatic N) is 2. The van der Waals surface area contributed by atoms with Gasteiger partial charge in [0.05, 0.1) is 31.6 Å². The van der Waals surface area contributed by atoms with Crippen LogP contribution in [0.3, 0.4) is 0 Å². The quantitative estimate of drug-likeness (QED) is 0.784. The van der Waals surface area contributed by atoms with E-state index in [0.717, 1.165) is 43.0 Å². The van der Waals surface area contributed by atoms with Crippen LogP contribution in [0.25, 0.3) is 0 Å². The molecule has 2 heterocycles. The summed E-state index contributed by atoms with van der Waals surface area (Å²) in [4.78, 5) is 0. The van der Waals surface area contributed by atoms with Crippen molar-refractivity contribution in [3.63, 3.8) is 0 Å². The normalized spacial score (nSPS) is 16.8. The Balaban J connectivity index is 1.50. The number of thiocarbonyl (C=S) groups is 1. The molecular weight excluding hydrogens is 324 g/mol. The Morgan fingerprint density at radius 2 is 2.42 bits per heavy atom. The van der Waals surface area contributed by atoms with E-state index in [-0.39, 0.29) is 6.10 Å². The number of rotatable bonds is 6. The summed E-state index contributed by atoms with van der Waals surface area (Å²) in [6.45, 7) is 2.27. The largest absolute Gasteiger partial charge is 0.497 e. The van der Waals surface area contributed by atoms with Gasteiger partial charge < -0.3 is 20.1 Å². The Labute approximate surface area is 147 Å². The van der Waals surface area contributed by atoms with E-state index in [4.69, 9.17) is 21.7 Å². The van der Waals surface area contributed by atoms with Gasteiger partial charge in [-0.1, -0.05) is 12.1 Å². The van der Waals surface area contributed by atoms with E-state index in [1.165, 1.54) is 0 Å². The molecular formula is C17H22N4O2S. The molecule has 0 saturated carbocycles. The van der Waals surface area contributed by atoms with Crippen molar-refractivity contribution in [2.24, 2.45) is 0 Å². The van der Waals surface area contributed by atoms with Crippen LogP contribution in [0, 0.1) is 0 Å². The van der Waals surface area contributed by atoms with Crippen molar-refractivity contribution in [2.45, 2.75) is 25.5 Å². The predicted octanol–water partition coefficient (Wildman–Crippen LogP) is 2.41. The average Bonchev–Trinajstić information content (AvgIpc) is 3.25. The predicted molar refractivity (Wildman–Crippen MR) is 97.5 cm³/mol. The molecule has 0 aliphatic carbocycles. The molecule has 2 N–H and O–H groups in total. The second-order valence-electron chi connectivity index (χ2n) is 5.75. The first kappa shape index (κ1) is 16.7. The molecule has 1 aromatic heterocycles. The fourth-order valence-corrected chi connectivity index (χ4v) is 2.86. The zero-order valence-corrected chi connectivity index (χ0v) is 14.5. The van der Waals surface area contributed by atoms with Crippen molar-refractivity contribution in [1.29, 1.82) is 0 Å². The van der Waals surface area contributed by atoms with Crippen molar-refractivity contribution >= 4 is 23.0 Å². The monoisotopic (exact) mass is 346 g/mol. The molecule has 1 atom stereocenters. The Morgan fingerprint density at radius 1 is 1.50 bits per heavy atom. The maximum Gasteiger partial charge on any atom is 0.170 e. The van der Waals surface area contributed by atoms with Crippen LogP contribution in [0.15, 0.2) is 36.7 Å². The molecule has 0 amide bonds. The highest BCUT2D eigenvalue weighted by molar-refractivity contribution is 7.80. The van der Waals surface area contributed by atoms with Crippen LogP contribution < -0.4 is 15.4 Å². The van der Waals surface area contributed by atoms with Gasteiger partial charge >= 0.3 is 0 Å². The summed E-state index contributed by atoms with van der Waals surface area (Å²) in [7, 11) is 1.67. The molecule has 2 aromatic rings. The minimum atomic E-state index is 0.264. The highest BCUT2D eigenvalue weighted by Crippen LogP contribution is 2.14. The summed E-state index contributed by atoms with van der Waals surface area (Å²) in [5.74, 6) is 0.845. The van der Waals surface area contributed by atoms with Gasteiger partial charge in [-0.2, -0.15) is 5.10 Å². The number of hydrogen-bond acceptors (Lipinski definition) is 4. The van der Waals surface area contributed by atoms with Gasteiger partial charge in [-0.05, 0) is 42.8 Å². The van der Waals surface area contributed by atoms with Gasteiger partial charge in [0.15, 0.2) is 5.11 Å². The number of anilines is 1. The lowest BCUT2D eigenvalue weighted by molar-refractivity contribution is 0.114. The van der Waals surface area contributed by atoms with E-state index >= 15 is 0 Å². The maximum atomic E-state index is 5.57. The summed E-state index contributed by atoms with van der Waals surface area (Å²) in [5, 5.41) is 11.3. The fourth-order valence-electron chi connectivity index (χ4n) is 2.66. The molecule has 6 nitrogen and oxygen atoms in total. The Bertz CT molecular complexity index is 683. The lowest BCUT2D eigenvalue weighted by Gasteiger charge is -2.13. The van der Waals surface area contributed by atoms with E-state index in [1.807, 2.05) is 35.1 Å². The van der Waals surface area contributed by atoms with Crippen LogP contribution in [0.4, 0.5) is 5.69 Å². The Hall–Kier alpha value is -2.12. The third-order valence-electron chi connectivity index (χ3n) is 3.88. The zero-order chi connectivity index (χ0) is 16.8. The van der Waals surface area contributed by atoms with Crippen molar-refractivity contribution in [1.82, 2.24) is 15.1 Å². The molecule has 1 aliphatic rings. The van der Waals surface area contributed by atoms with Crippen LogP contribution in [-0.4, -0.2) is 41.3 Å². The molecule has 1 saturated heterocycles. The molecule has 128 valence electrons. The maximum absolute atomic E-state index is 5.57. The number of aromatic nitrogens is 2. The standard InChI is InChI=1S/C17H22N4O2S/c1-22-15-5-2-4-13(8-15)11-21-12-14(9-19-21)20-17(24)18-10-16-6-3-7-23-16/h2,4-5,8-9,12,16H,3,6-7,10-11H2,1H3,(H2,18,20,24)/t16-/m0/s1. The number of nitrogens with one attached hydrogen (secondary N) is 2. The van der Waals surface area contributed by atoms with Gasteiger partial charge in [0.25, 0.3) is 0 Å². The van der Waals surface area contributed by atoms with Crippen LogP contribution in [-0.2, 0) is 11.3 Å². The van der Waals surface area contributed by atoms with Crippen molar-refractivity contribution in [2.75, 3.05) is 25.6 Å². The second-order valence-corrected chi connectivity index (χ2v) is 6.16. The third kappa shape index (κ3) is 4.69. The fraction of sp³-hybridized carbons (Fsp3) is 0.412. The molecule has 0 spiro atoms. The summed E-state index contributed by atoms with van der Waals surface area (Å²) in [5.41, 5.74) is 1.99. The minimum absolute atomic E-state index is 0.264. The average molecular weight is 346 g/mol. The van der Waals surface area contributed by atoms with Crippen molar-refractivity contribution < 1.29 is 9.47 Å². The first-order valence-electron chi connectivity index (χ1n) is 8.05. The number of hydrogen-bond donors (Lipinski definition) is 2. The van der Waals surface area contributed by atoms with Gasteiger partial charge in [-0.3, -0.25) is 4.68 Å². The lowest BCUT2D eigenvalue weighted by atomic mass is 10.2. The zero-order valence-electron chi connectivity index (χ0n) is 13.7. The molecule has 0 radical (unpaired) electrons. The smallest absolute Gasteiger partial charge is 0.170 e. The lowest BCUT2D eigenvalue weighted by Crippen LogP contribution is -2.34. The highest BCUT2D eigenvalue weighted by atomic mass is 32.1. The molecule has 7 heteroatoms. The molecule has 1 aliphatic heterocycles. The van der Waals surface area contributed by atoms with Crippen LogP contribution >= 0.6 is 12.2 Å². The SMILES string of the molecule is COc1cccc(Cn2cc(NC(=S)NC[C@@H]3CCCO3)cn2)c1. The molecule has 1 fully saturated rings. The van der Waals surface area contributed by atoms with Crippen molar-refractivity contribution in [3.8, 4) is 5.75 Å². The third-order valence-corrected chi connectivity index (χ3v) is 4.13. The molecule has 0 bridgehead atoms. The van der Waals surface area contributed by atoms with Crippen LogP contribution in [0.5, 0.6) is 5.75 Å². The summed E-state index contributed by atoms with van der Waals surface area (Å²) >= 11 is 5.31. The topological polar surface area (TPSA) is 60.3 Å². The molecule has 0 unspecified atom stereocenters. The molecule has 24 heavy (non-hydrogen) atoms. The van der Waals surface area contributed by atoms with E-state index in [1.54, 1.807) is 13.3 Å². The molecule has 1 aromatic carbocycles. The van der Waals surface area contributed by atoms with Crippen LogP contribution in [0.1, 0.15) is 18.4 Å². The van der Waals surface area contributed by atoms with Gasteiger partial charge in [0.2, 0.25) is 0 Å². The van der Waals surface area contributed by atoms with Gasteiger partial charge in [-0.15, -0.1) is 0 Å². The summed E-state index contributed by atoms with van der Waals surface area (Å²) < 4.78 is 12.7. The van der Waals surface area contributed by atoms with E-state index in [0.29, 0.717) is 11.7 Å². The van der Waals surface area contributed by atoms with Crippen LogP contribution in [0.2, 0.25) is 0 Å². The second kappa shape index (κ2) is 8.12. The number of methoxy groups -OCH3 is 1. The van der Waals surface area contributed by atoms with E-state index < -0.39 is 0 Å². The summed E-state index contributed by atoms with van der Waals surface area (Å²) in [6, 6.07) is 7.95. The highest BCUT2D eigenvalue weighted by Gasteiger charge is 2.15. The summed E-state index contributed by atoms with van der Waals surface area (Å²) in [6.07, 6.45) is 6.18. The van der Waals surface area contributed by atoms with Gasteiger partial charge in [0, 0.05) is 19.3 Å². The minimum Gasteiger partial charge on any atom is -0.497 e. The Kier molecular flexibility index (Phi) is 5.66. The molecule has 3 rings (SSSR count).